The molecule has 5 rings (SSSR count). The van der Waals surface area contributed by atoms with E-state index in [9.17, 15) is 16.8 Å². The molecule has 14 heteroatoms. The minimum atomic E-state index is -3.61. The Labute approximate surface area is 187 Å². The summed E-state index contributed by atoms with van der Waals surface area (Å²) >= 11 is 9.53. The van der Waals surface area contributed by atoms with Gasteiger partial charge in [0.2, 0.25) is 0 Å². The lowest BCUT2D eigenvalue weighted by Crippen LogP contribution is -2.17. The highest BCUT2D eigenvalue weighted by Crippen LogP contribution is 2.34. The molecule has 0 aromatic rings. The lowest BCUT2D eigenvalue weighted by Gasteiger charge is -2.03. The van der Waals surface area contributed by atoms with E-state index in [0.29, 0.717) is 0 Å². The number of halogens is 2. The van der Waals surface area contributed by atoms with Crippen LogP contribution in [0.25, 0.3) is 0 Å². The molecular weight excluding hydrogens is 487 g/mol. The van der Waals surface area contributed by atoms with Gasteiger partial charge in [0.15, 0.2) is 0 Å². The van der Waals surface area contributed by atoms with Crippen molar-refractivity contribution in [3.63, 3.8) is 0 Å². The van der Waals surface area contributed by atoms with Crippen molar-refractivity contribution < 1.29 is 43.8 Å². The van der Waals surface area contributed by atoms with Gasteiger partial charge in [-0.2, -0.15) is 16.8 Å². The highest BCUT2D eigenvalue weighted by atomic mass is 35.5. The van der Waals surface area contributed by atoms with Crippen LogP contribution in [-0.2, 0) is 37.5 Å². The second kappa shape index (κ2) is 11.9. The summed E-state index contributed by atoms with van der Waals surface area (Å²) in [6, 6.07) is 0. The summed E-state index contributed by atoms with van der Waals surface area (Å²) in [5.41, 5.74) is 0. The molecule has 0 amide bonds. The molecule has 3 saturated carbocycles. The number of hydrogen-bond donors (Lipinski definition) is 2. The molecule has 178 valence electrons. The van der Waals surface area contributed by atoms with E-state index in [4.69, 9.17) is 33.4 Å². The number of alkyl halides is 2. The summed E-state index contributed by atoms with van der Waals surface area (Å²) in [6.45, 7) is 0. The van der Waals surface area contributed by atoms with Crippen molar-refractivity contribution in [2.45, 2.75) is 94.4 Å². The second-order valence-electron chi connectivity index (χ2n) is 7.38. The molecule has 2 heterocycles. The number of hydrogen-bond acceptors (Lipinski definition) is 10. The molecule has 6 atom stereocenters. The third-order valence-electron chi connectivity index (χ3n) is 5.19. The van der Waals surface area contributed by atoms with Gasteiger partial charge in [0.25, 0.3) is 0 Å². The fraction of sp³-hybridized carbons (Fsp3) is 1.00. The first kappa shape index (κ1) is 26.5. The van der Waals surface area contributed by atoms with Crippen molar-refractivity contribution in [1.82, 2.24) is 0 Å². The van der Waals surface area contributed by atoms with E-state index in [0.717, 1.165) is 57.8 Å². The number of aliphatic hydroxyl groups excluding tert-OH is 2. The fourth-order valence-corrected chi connectivity index (χ4v) is 5.98. The molecule has 2 N–H and O–H groups in total. The van der Waals surface area contributed by atoms with Gasteiger partial charge in [0, 0.05) is 0 Å². The van der Waals surface area contributed by atoms with Gasteiger partial charge >= 0.3 is 20.8 Å². The average molecular weight is 515 g/mol. The number of rotatable bonds is 0. The van der Waals surface area contributed by atoms with Crippen molar-refractivity contribution in [1.29, 1.82) is 0 Å². The number of aliphatic hydroxyl groups is 2. The van der Waals surface area contributed by atoms with Gasteiger partial charge in [-0.25, -0.2) is 16.7 Å². The van der Waals surface area contributed by atoms with E-state index < -0.39 is 33.0 Å². The Morgan fingerprint density at radius 3 is 1.03 bits per heavy atom. The summed E-state index contributed by atoms with van der Waals surface area (Å²) in [5, 5.41) is 17.7. The molecule has 5 fully saturated rings. The summed E-state index contributed by atoms with van der Waals surface area (Å²) in [7, 11) is -7.21. The van der Waals surface area contributed by atoms with E-state index in [2.05, 4.69) is 16.7 Å². The molecule has 0 aromatic carbocycles. The van der Waals surface area contributed by atoms with Gasteiger partial charge in [-0.3, -0.25) is 0 Å². The first-order chi connectivity index (χ1) is 14.1. The van der Waals surface area contributed by atoms with Crippen LogP contribution in [-0.4, -0.2) is 69.0 Å². The SMILES string of the molecule is ClCCl.O=S1(=O)OC2CCCC2O1.O=S1(=O)OC2CCCC2O1.OC1CCCC1O. The topological polar surface area (TPSA) is 146 Å². The zero-order valence-corrected chi connectivity index (χ0v) is 19.4. The standard InChI is InChI=1S/2C5H8O4S.C5H10O2.CH2Cl2/c2*6-10(7)8-4-2-1-3-5(4)9-10;6-4-2-1-3-5(4)7;2-1-3/h2*4-5H,1-3H2;4-7H,1-3H2;1H2. The lowest BCUT2D eigenvalue weighted by molar-refractivity contribution is 0.0438. The zero-order valence-electron chi connectivity index (χ0n) is 16.3. The molecule has 0 spiro atoms. The summed E-state index contributed by atoms with van der Waals surface area (Å²) in [5.74, 6) is 0. The maximum Gasteiger partial charge on any atom is 0.400 e. The van der Waals surface area contributed by atoms with Gasteiger partial charge in [-0.15, -0.1) is 23.2 Å². The van der Waals surface area contributed by atoms with Crippen molar-refractivity contribution >= 4 is 44.0 Å². The average Bonchev–Trinajstić information content (AvgIpc) is 3.40. The summed E-state index contributed by atoms with van der Waals surface area (Å²) in [6.07, 6.45) is 6.16. The first-order valence-electron chi connectivity index (χ1n) is 9.78. The third kappa shape index (κ3) is 8.30. The van der Waals surface area contributed by atoms with E-state index in [-0.39, 0.29) is 29.8 Å². The fourth-order valence-electron chi connectivity index (χ4n) is 3.80. The molecule has 30 heavy (non-hydrogen) atoms. The Morgan fingerprint density at radius 1 is 0.600 bits per heavy atom. The van der Waals surface area contributed by atoms with Crippen LogP contribution in [0.1, 0.15) is 57.8 Å². The predicted octanol–water partition coefficient (Wildman–Crippen LogP) is 1.71. The lowest BCUT2D eigenvalue weighted by atomic mass is 10.3. The molecular formula is C16H28Cl2O10S2. The molecule has 6 unspecified atom stereocenters. The summed E-state index contributed by atoms with van der Waals surface area (Å²) in [4.78, 5) is 0. The third-order valence-corrected chi connectivity index (χ3v) is 7.13. The van der Waals surface area contributed by atoms with E-state index in [1.165, 1.54) is 0 Å². The highest BCUT2D eigenvalue weighted by Gasteiger charge is 2.43. The Morgan fingerprint density at radius 2 is 0.833 bits per heavy atom. The monoisotopic (exact) mass is 514 g/mol. The Balaban J connectivity index is 0.000000153. The first-order valence-corrected chi connectivity index (χ1v) is 13.5. The van der Waals surface area contributed by atoms with Crippen molar-refractivity contribution in [2.24, 2.45) is 0 Å². The predicted molar refractivity (Wildman–Crippen MR) is 107 cm³/mol. The Kier molecular flexibility index (Phi) is 10.5. The van der Waals surface area contributed by atoms with Gasteiger partial charge in [0.1, 0.15) is 24.4 Å². The largest absolute Gasteiger partial charge is 0.400 e. The molecule has 2 saturated heterocycles. The van der Waals surface area contributed by atoms with Gasteiger partial charge in [0.05, 0.1) is 17.5 Å². The maximum absolute atomic E-state index is 10.6. The van der Waals surface area contributed by atoms with Crippen molar-refractivity contribution in [2.75, 3.05) is 5.34 Å². The van der Waals surface area contributed by atoms with Crippen molar-refractivity contribution in [3.8, 4) is 0 Å². The van der Waals surface area contributed by atoms with Crippen LogP contribution < -0.4 is 0 Å². The molecule has 0 bridgehead atoms. The quantitative estimate of drug-likeness (QED) is 0.457. The van der Waals surface area contributed by atoms with E-state index >= 15 is 0 Å². The molecule has 10 nitrogen and oxygen atoms in total. The van der Waals surface area contributed by atoms with Crippen LogP contribution in [0, 0.1) is 0 Å². The Hall–Kier alpha value is 0.240. The smallest absolute Gasteiger partial charge is 0.390 e. The van der Waals surface area contributed by atoms with Crippen LogP contribution >= 0.6 is 23.2 Å². The number of fused-ring (bicyclic) bond motifs is 2. The molecule has 0 aromatic heterocycles. The highest BCUT2D eigenvalue weighted by molar-refractivity contribution is 7.82. The minimum absolute atomic E-state index is 0.190. The maximum atomic E-state index is 10.6. The Bertz CT molecular complexity index is 636. The molecule has 2 aliphatic heterocycles. The van der Waals surface area contributed by atoms with Crippen LogP contribution in [0.2, 0.25) is 0 Å². The van der Waals surface area contributed by atoms with Crippen LogP contribution in [0.4, 0.5) is 0 Å². The normalized spacial score (nSPS) is 39.5. The molecule has 5 aliphatic rings. The zero-order chi connectivity index (χ0) is 22.4. The van der Waals surface area contributed by atoms with Crippen LogP contribution in [0.15, 0.2) is 0 Å². The second-order valence-corrected chi connectivity index (χ2v) is 10.6. The van der Waals surface area contributed by atoms with Crippen molar-refractivity contribution in [3.05, 3.63) is 0 Å². The molecule has 0 radical (unpaired) electrons. The van der Waals surface area contributed by atoms with Gasteiger partial charge in [-0.05, 0) is 57.8 Å². The van der Waals surface area contributed by atoms with Crippen LogP contribution in [0.5, 0.6) is 0 Å². The van der Waals surface area contributed by atoms with E-state index in [1.807, 2.05) is 0 Å². The van der Waals surface area contributed by atoms with E-state index in [1.54, 1.807) is 0 Å². The minimum Gasteiger partial charge on any atom is -0.390 e. The summed E-state index contributed by atoms with van der Waals surface area (Å²) < 4.78 is 60.9. The van der Waals surface area contributed by atoms with Gasteiger partial charge < -0.3 is 10.2 Å². The van der Waals surface area contributed by atoms with Gasteiger partial charge in [-0.1, -0.05) is 0 Å². The van der Waals surface area contributed by atoms with Crippen LogP contribution in [0.3, 0.4) is 0 Å². The molecule has 3 aliphatic carbocycles.